The van der Waals surface area contributed by atoms with E-state index in [0.717, 1.165) is 4.70 Å². The smallest absolute Gasteiger partial charge is 0.267 e. The molecule has 0 fully saturated rings. The summed E-state index contributed by atoms with van der Waals surface area (Å²) >= 11 is 4.44. The lowest BCUT2D eigenvalue weighted by atomic mass is 10.3. The van der Waals surface area contributed by atoms with E-state index in [4.69, 9.17) is 0 Å². The molecule has 18 heavy (non-hydrogen) atoms. The lowest BCUT2D eigenvalue weighted by Crippen LogP contribution is -2.11. The van der Waals surface area contributed by atoms with Crippen LogP contribution in [0.15, 0.2) is 51.7 Å². The lowest BCUT2D eigenvalue weighted by Gasteiger charge is -2.02. The zero-order chi connectivity index (χ0) is 12.7. The molecule has 0 bridgehead atoms. The van der Waals surface area contributed by atoms with Crippen LogP contribution in [0.2, 0.25) is 0 Å². The lowest BCUT2D eigenvalue weighted by molar-refractivity contribution is 0.619. The molecule has 0 aliphatic rings. The molecule has 5 heteroatoms. The second-order valence-electron chi connectivity index (χ2n) is 3.78. The van der Waals surface area contributed by atoms with E-state index in [1.54, 1.807) is 24.3 Å². The van der Waals surface area contributed by atoms with Gasteiger partial charge in [-0.3, -0.25) is 4.79 Å². The summed E-state index contributed by atoms with van der Waals surface area (Å²) in [5, 5.41) is 0.616. The Bertz CT molecular complexity index is 793. The van der Waals surface area contributed by atoms with Gasteiger partial charge in [0.2, 0.25) is 0 Å². The largest absolute Gasteiger partial charge is 0.273 e. The molecule has 0 aliphatic carbocycles. The fraction of sp³-hybridized carbons (Fsp3) is 0. The van der Waals surface area contributed by atoms with Crippen molar-refractivity contribution in [1.82, 2.24) is 3.96 Å². The summed E-state index contributed by atoms with van der Waals surface area (Å²) < 4.78 is 16.7. The second kappa shape index (κ2) is 4.33. The zero-order valence-corrected chi connectivity index (χ0v) is 11.5. The Kier molecular flexibility index (Phi) is 2.80. The van der Waals surface area contributed by atoms with E-state index in [0.29, 0.717) is 9.86 Å². The van der Waals surface area contributed by atoms with Gasteiger partial charge in [-0.1, -0.05) is 39.6 Å². The van der Waals surface area contributed by atoms with Crippen LogP contribution in [0.5, 0.6) is 0 Å². The van der Waals surface area contributed by atoms with E-state index < -0.39 is 5.82 Å². The Labute approximate surface area is 115 Å². The molecule has 90 valence electrons. The van der Waals surface area contributed by atoms with Gasteiger partial charge in [0.25, 0.3) is 5.56 Å². The van der Waals surface area contributed by atoms with E-state index in [1.165, 1.54) is 21.6 Å². The normalized spacial score (nSPS) is 11.0. The van der Waals surface area contributed by atoms with Gasteiger partial charge in [0.15, 0.2) is 0 Å². The average molecular weight is 324 g/mol. The van der Waals surface area contributed by atoms with Crippen molar-refractivity contribution in [3.05, 3.63) is 63.1 Å². The Morgan fingerprint density at radius 3 is 2.67 bits per heavy atom. The van der Waals surface area contributed by atoms with Gasteiger partial charge in [0.1, 0.15) is 5.82 Å². The number of nitrogens with zero attached hydrogens (tertiary/aromatic N) is 1. The highest BCUT2D eigenvalue weighted by molar-refractivity contribution is 9.10. The van der Waals surface area contributed by atoms with E-state index in [1.807, 2.05) is 12.1 Å². The highest BCUT2D eigenvalue weighted by Gasteiger charge is 2.12. The Balaban J connectivity index is 2.32. The van der Waals surface area contributed by atoms with Crippen LogP contribution in [0.1, 0.15) is 0 Å². The number of aromatic nitrogens is 1. The van der Waals surface area contributed by atoms with E-state index >= 15 is 0 Å². The van der Waals surface area contributed by atoms with Crippen LogP contribution in [0.4, 0.5) is 4.39 Å². The average Bonchev–Trinajstić information content (AvgIpc) is 2.68. The molecule has 0 unspecified atom stereocenters. The third kappa shape index (κ3) is 1.79. The van der Waals surface area contributed by atoms with Crippen LogP contribution in [-0.4, -0.2) is 3.96 Å². The van der Waals surface area contributed by atoms with Crippen molar-refractivity contribution in [2.24, 2.45) is 0 Å². The maximum absolute atomic E-state index is 13.9. The number of fused-ring (bicyclic) bond motifs is 1. The zero-order valence-electron chi connectivity index (χ0n) is 9.06. The summed E-state index contributed by atoms with van der Waals surface area (Å²) in [6, 6.07) is 11.9. The summed E-state index contributed by atoms with van der Waals surface area (Å²) in [5.41, 5.74) is 0.0984. The van der Waals surface area contributed by atoms with E-state index in [9.17, 15) is 9.18 Å². The van der Waals surface area contributed by atoms with Gasteiger partial charge >= 0.3 is 0 Å². The molecule has 0 N–H and O–H groups in total. The van der Waals surface area contributed by atoms with Crippen molar-refractivity contribution < 1.29 is 4.39 Å². The number of halogens is 2. The first-order valence-corrected chi connectivity index (χ1v) is 6.80. The molecule has 0 amide bonds. The van der Waals surface area contributed by atoms with E-state index in [-0.39, 0.29) is 11.2 Å². The molecule has 0 radical (unpaired) electrons. The predicted octanol–water partition coefficient (Wildman–Crippen LogP) is 3.95. The molecule has 0 aliphatic heterocycles. The van der Waals surface area contributed by atoms with Gasteiger partial charge in [-0.25, -0.2) is 8.35 Å². The first-order chi connectivity index (χ1) is 8.66. The minimum Gasteiger partial charge on any atom is -0.267 e. The van der Waals surface area contributed by atoms with Gasteiger partial charge in [-0.05, 0) is 30.3 Å². The molecule has 2 aromatic carbocycles. The summed E-state index contributed by atoms with van der Waals surface area (Å²) in [4.78, 5) is 12.2. The SMILES string of the molecule is O=c1c2ccccc2sn1-c1ccc(Br)cc1F. The first-order valence-electron chi connectivity index (χ1n) is 5.23. The molecule has 3 rings (SSSR count). The van der Waals surface area contributed by atoms with Crippen LogP contribution in [0.25, 0.3) is 15.8 Å². The van der Waals surface area contributed by atoms with Crippen molar-refractivity contribution in [3.8, 4) is 5.69 Å². The maximum Gasteiger partial charge on any atom is 0.273 e. The van der Waals surface area contributed by atoms with Crippen LogP contribution in [-0.2, 0) is 0 Å². The van der Waals surface area contributed by atoms with Crippen LogP contribution in [0, 0.1) is 5.82 Å². The van der Waals surface area contributed by atoms with Gasteiger partial charge in [-0.2, -0.15) is 0 Å². The third-order valence-corrected chi connectivity index (χ3v) is 4.21. The topological polar surface area (TPSA) is 22.0 Å². The van der Waals surface area contributed by atoms with Gasteiger partial charge in [-0.15, -0.1) is 0 Å². The number of rotatable bonds is 1. The molecular weight excluding hydrogens is 317 g/mol. The van der Waals surface area contributed by atoms with Gasteiger partial charge in [0.05, 0.1) is 15.8 Å². The standard InChI is InChI=1S/C13H7BrFNOS/c14-8-5-6-11(10(15)7-8)16-13(17)9-3-1-2-4-12(9)18-16/h1-7H. The minimum atomic E-state index is -0.418. The minimum absolute atomic E-state index is 0.183. The summed E-state index contributed by atoms with van der Waals surface area (Å²) in [5.74, 6) is -0.418. The van der Waals surface area contributed by atoms with Crippen molar-refractivity contribution in [1.29, 1.82) is 0 Å². The molecule has 1 aromatic heterocycles. The summed E-state index contributed by atoms with van der Waals surface area (Å²) in [6.45, 7) is 0. The molecule has 0 spiro atoms. The summed E-state index contributed by atoms with van der Waals surface area (Å²) in [7, 11) is 0. The molecule has 0 saturated heterocycles. The molecule has 2 nitrogen and oxygen atoms in total. The highest BCUT2D eigenvalue weighted by Crippen LogP contribution is 2.23. The quantitative estimate of drug-likeness (QED) is 0.664. The van der Waals surface area contributed by atoms with Crippen LogP contribution in [0.3, 0.4) is 0 Å². The molecule has 1 heterocycles. The molecular formula is C13H7BrFNOS. The third-order valence-electron chi connectivity index (χ3n) is 2.62. The fourth-order valence-corrected chi connectivity index (χ4v) is 3.13. The number of hydrogen-bond donors (Lipinski definition) is 0. The van der Waals surface area contributed by atoms with Crippen molar-refractivity contribution >= 4 is 37.5 Å². The number of benzene rings is 2. The molecule has 0 saturated carbocycles. The Morgan fingerprint density at radius 1 is 1.17 bits per heavy atom. The molecule has 3 aromatic rings. The number of hydrogen-bond acceptors (Lipinski definition) is 2. The van der Waals surface area contributed by atoms with Crippen molar-refractivity contribution in [2.75, 3.05) is 0 Å². The van der Waals surface area contributed by atoms with Crippen molar-refractivity contribution in [3.63, 3.8) is 0 Å². The van der Waals surface area contributed by atoms with E-state index in [2.05, 4.69) is 15.9 Å². The maximum atomic E-state index is 13.9. The Morgan fingerprint density at radius 2 is 1.94 bits per heavy atom. The first kappa shape index (κ1) is 11.6. The van der Waals surface area contributed by atoms with Gasteiger partial charge in [0, 0.05) is 4.47 Å². The Hall–Kier alpha value is -1.46. The monoisotopic (exact) mass is 323 g/mol. The van der Waals surface area contributed by atoms with Crippen LogP contribution < -0.4 is 5.56 Å². The highest BCUT2D eigenvalue weighted by atomic mass is 79.9. The van der Waals surface area contributed by atoms with Crippen LogP contribution >= 0.6 is 27.5 Å². The predicted molar refractivity (Wildman–Crippen MR) is 75.1 cm³/mol. The fourth-order valence-electron chi connectivity index (χ4n) is 1.78. The second-order valence-corrected chi connectivity index (χ2v) is 5.69. The molecule has 0 atom stereocenters. The van der Waals surface area contributed by atoms with Gasteiger partial charge < -0.3 is 0 Å². The summed E-state index contributed by atoms with van der Waals surface area (Å²) in [6.07, 6.45) is 0. The van der Waals surface area contributed by atoms with Crippen molar-refractivity contribution in [2.45, 2.75) is 0 Å².